The summed E-state index contributed by atoms with van der Waals surface area (Å²) in [5, 5.41) is 7.64. The fourth-order valence-corrected chi connectivity index (χ4v) is 3.08. The SMILES string of the molecule is NCC(NC(=O)c1cccc(NC(=O)c2cccs2)c1)C1CC1. The van der Waals surface area contributed by atoms with E-state index < -0.39 is 0 Å². The molecule has 0 radical (unpaired) electrons. The van der Waals surface area contributed by atoms with Crippen molar-refractivity contribution in [2.75, 3.05) is 11.9 Å². The standard InChI is InChI=1S/C17H19N3O2S/c18-10-14(11-6-7-11)20-16(21)12-3-1-4-13(9-12)19-17(22)15-5-2-8-23-15/h1-5,8-9,11,14H,6-7,10,18H2,(H,19,22)(H,20,21). The lowest BCUT2D eigenvalue weighted by Crippen LogP contribution is -2.41. The Morgan fingerprint density at radius 3 is 2.70 bits per heavy atom. The highest BCUT2D eigenvalue weighted by Gasteiger charge is 2.31. The second kappa shape index (κ2) is 6.93. The summed E-state index contributed by atoms with van der Waals surface area (Å²) >= 11 is 1.38. The van der Waals surface area contributed by atoms with Crippen molar-refractivity contribution in [1.82, 2.24) is 5.32 Å². The third-order valence-electron chi connectivity index (χ3n) is 3.89. The first-order valence-corrected chi connectivity index (χ1v) is 8.51. The van der Waals surface area contributed by atoms with Crippen LogP contribution < -0.4 is 16.4 Å². The number of benzene rings is 1. The van der Waals surface area contributed by atoms with Gasteiger partial charge in [-0.3, -0.25) is 9.59 Å². The normalized spacial score (nSPS) is 15.0. The summed E-state index contributed by atoms with van der Waals surface area (Å²) in [6.07, 6.45) is 2.25. The fraction of sp³-hybridized carbons (Fsp3) is 0.294. The predicted molar refractivity (Wildman–Crippen MR) is 91.7 cm³/mol. The maximum atomic E-state index is 12.3. The predicted octanol–water partition coefficient (Wildman–Crippen LogP) is 2.47. The summed E-state index contributed by atoms with van der Waals surface area (Å²) in [5.41, 5.74) is 6.84. The molecule has 0 bridgehead atoms. The van der Waals surface area contributed by atoms with Crippen LogP contribution in [0.5, 0.6) is 0 Å². The molecular weight excluding hydrogens is 310 g/mol. The third-order valence-corrected chi connectivity index (χ3v) is 4.76. The highest BCUT2D eigenvalue weighted by atomic mass is 32.1. The van der Waals surface area contributed by atoms with Crippen molar-refractivity contribution in [2.24, 2.45) is 11.7 Å². The lowest BCUT2D eigenvalue weighted by molar-refractivity contribution is 0.0932. The van der Waals surface area contributed by atoms with Crippen molar-refractivity contribution in [1.29, 1.82) is 0 Å². The molecule has 23 heavy (non-hydrogen) atoms. The lowest BCUT2D eigenvalue weighted by Gasteiger charge is -2.16. The smallest absolute Gasteiger partial charge is 0.265 e. The molecule has 1 aromatic carbocycles. The minimum atomic E-state index is -0.171. The number of carbonyl (C=O) groups excluding carboxylic acids is 2. The molecule has 4 N–H and O–H groups in total. The quantitative estimate of drug-likeness (QED) is 0.761. The van der Waals surface area contributed by atoms with Gasteiger partial charge < -0.3 is 16.4 Å². The van der Waals surface area contributed by atoms with E-state index in [4.69, 9.17) is 5.73 Å². The zero-order valence-corrected chi connectivity index (χ0v) is 13.4. The summed E-state index contributed by atoms with van der Waals surface area (Å²) < 4.78 is 0. The van der Waals surface area contributed by atoms with E-state index in [-0.39, 0.29) is 17.9 Å². The van der Waals surface area contributed by atoms with E-state index in [1.165, 1.54) is 11.3 Å². The van der Waals surface area contributed by atoms with Gasteiger partial charge in [-0.15, -0.1) is 11.3 Å². The molecule has 2 amide bonds. The van der Waals surface area contributed by atoms with Crippen LogP contribution in [-0.2, 0) is 0 Å². The molecular formula is C17H19N3O2S. The monoisotopic (exact) mass is 329 g/mol. The van der Waals surface area contributed by atoms with Gasteiger partial charge in [-0.25, -0.2) is 0 Å². The van der Waals surface area contributed by atoms with E-state index in [0.29, 0.717) is 28.6 Å². The van der Waals surface area contributed by atoms with Gasteiger partial charge in [0.05, 0.1) is 4.88 Å². The molecule has 0 aliphatic heterocycles. The van der Waals surface area contributed by atoms with Crippen LogP contribution in [0.4, 0.5) is 5.69 Å². The van der Waals surface area contributed by atoms with Crippen LogP contribution in [-0.4, -0.2) is 24.4 Å². The van der Waals surface area contributed by atoms with Crippen molar-refractivity contribution in [3.8, 4) is 0 Å². The summed E-state index contributed by atoms with van der Waals surface area (Å²) in [5.74, 6) is 0.181. The highest BCUT2D eigenvalue weighted by Crippen LogP contribution is 2.32. The van der Waals surface area contributed by atoms with Crippen LogP contribution in [0, 0.1) is 5.92 Å². The Kier molecular flexibility index (Phi) is 4.73. The first kappa shape index (κ1) is 15.7. The average Bonchev–Trinajstić information content (AvgIpc) is 3.25. The molecule has 0 saturated heterocycles. The number of rotatable bonds is 6. The van der Waals surface area contributed by atoms with E-state index in [1.54, 1.807) is 30.3 Å². The zero-order valence-electron chi connectivity index (χ0n) is 12.6. The second-order valence-electron chi connectivity index (χ2n) is 5.67. The maximum Gasteiger partial charge on any atom is 0.265 e. The summed E-state index contributed by atoms with van der Waals surface area (Å²) in [7, 11) is 0. The molecule has 1 unspecified atom stereocenters. The number of thiophene rings is 1. The Bertz CT molecular complexity index is 696. The van der Waals surface area contributed by atoms with Gasteiger partial charge in [0.25, 0.3) is 11.8 Å². The van der Waals surface area contributed by atoms with Crippen LogP contribution in [0.15, 0.2) is 41.8 Å². The minimum absolute atomic E-state index is 0.0341. The van der Waals surface area contributed by atoms with Gasteiger partial charge in [-0.05, 0) is 48.4 Å². The van der Waals surface area contributed by atoms with Gasteiger partial charge in [0, 0.05) is 23.8 Å². The van der Waals surface area contributed by atoms with E-state index >= 15 is 0 Å². The van der Waals surface area contributed by atoms with Crippen LogP contribution in [0.2, 0.25) is 0 Å². The van der Waals surface area contributed by atoms with Crippen LogP contribution in [0.25, 0.3) is 0 Å². The number of hydrogen-bond acceptors (Lipinski definition) is 4. The number of amides is 2. The number of anilines is 1. The second-order valence-corrected chi connectivity index (χ2v) is 6.61. The molecule has 1 aliphatic carbocycles. The Morgan fingerprint density at radius 2 is 2.04 bits per heavy atom. The van der Waals surface area contributed by atoms with Gasteiger partial charge >= 0.3 is 0 Å². The lowest BCUT2D eigenvalue weighted by atomic mass is 10.1. The Hall–Kier alpha value is -2.18. The first-order valence-electron chi connectivity index (χ1n) is 7.63. The minimum Gasteiger partial charge on any atom is -0.348 e. The Labute approximate surface area is 138 Å². The maximum absolute atomic E-state index is 12.3. The Balaban J connectivity index is 1.66. The van der Waals surface area contributed by atoms with E-state index in [9.17, 15) is 9.59 Å². The molecule has 120 valence electrons. The number of hydrogen-bond donors (Lipinski definition) is 3. The first-order chi connectivity index (χ1) is 11.2. The third kappa shape index (κ3) is 3.97. The number of nitrogens with two attached hydrogens (primary N) is 1. The molecule has 0 spiro atoms. The van der Waals surface area contributed by atoms with E-state index in [2.05, 4.69) is 10.6 Å². The average molecular weight is 329 g/mol. The summed E-state index contributed by atoms with van der Waals surface area (Å²) in [6, 6.07) is 10.6. The molecule has 1 aliphatic rings. The van der Waals surface area contributed by atoms with Gasteiger partial charge in [0.1, 0.15) is 0 Å². The van der Waals surface area contributed by atoms with Crippen molar-refractivity contribution < 1.29 is 9.59 Å². The van der Waals surface area contributed by atoms with Crippen LogP contribution >= 0.6 is 11.3 Å². The molecule has 6 heteroatoms. The number of nitrogens with one attached hydrogen (secondary N) is 2. The number of carbonyl (C=O) groups is 2. The largest absolute Gasteiger partial charge is 0.348 e. The zero-order chi connectivity index (χ0) is 16.2. The Morgan fingerprint density at radius 1 is 1.22 bits per heavy atom. The van der Waals surface area contributed by atoms with Gasteiger partial charge in [0.15, 0.2) is 0 Å². The molecule has 1 heterocycles. The van der Waals surface area contributed by atoms with Gasteiger partial charge in [-0.2, -0.15) is 0 Å². The molecule has 5 nitrogen and oxygen atoms in total. The van der Waals surface area contributed by atoms with E-state index in [0.717, 1.165) is 12.8 Å². The highest BCUT2D eigenvalue weighted by molar-refractivity contribution is 7.12. The molecule has 1 aromatic heterocycles. The molecule has 1 saturated carbocycles. The molecule has 1 atom stereocenters. The van der Waals surface area contributed by atoms with Gasteiger partial charge in [-0.1, -0.05) is 12.1 Å². The molecule has 1 fully saturated rings. The van der Waals surface area contributed by atoms with Crippen molar-refractivity contribution >= 4 is 28.8 Å². The van der Waals surface area contributed by atoms with Crippen LogP contribution in [0.1, 0.15) is 32.9 Å². The molecule has 2 aromatic rings. The van der Waals surface area contributed by atoms with Crippen molar-refractivity contribution in [3.63, 3.8) is 0 Å². The fourth-order valence-electron chi connectivity index (χ4n) is 2.46. The van der Waals surface area contributed by atoms with Crippen molar-refractivity contribution in [3.05, 3.63) is 52.2 Å². The van der Waals surface area contributed by atoms with Crippen molar-refractivity contribution in [2.45, 2.75) is 18.9 Å². The molecule has 3 rings (SSSR count). The van der Waals surface area contributed by atoms with E-state index in [1.807, 2.05) is 11.4 Å². The topological polar surface area (TPSA) is 84.2 Å². The summed E-state index contributed by atoms with van der Waals surface area (Å²) in [6.45, 7) is 0.450. The van der Waals surface area contributed by atoms with Crippen LogP contribution in [0.3, 0.4) is 0 Å². The summed E-state index contributed by atoms with van der Waals surface area (Å²) in [4.78, 5) is 25.0. The van der Waals surface area contributed by atoms with Gasteiger partial charge in [0.2, 0.25) is 0 Å².